The highest BCUT2D eigenvalue weighted by Crippen LogP contribution is 2.25. The lowest BCUT2D eigenvalue weighted by Gasteiger charge is -2.20. The number of carbonyl (C=O) groups is 1. The molecule has 1 aromatic rings. The van der Waals surface area contributed by atoms with E-state index in [-0.39, 0.29) is 10.8 Å². The number of carboxylic acid groups (broad SMARTS) is 1. The highest BCUT2D eigenvalue weighted by Gasteiger charge is 2.17. The Morgan fingerprint density at radius 1 is 1.15 bits per heavy atom. The van der Waals surface area contributed by atoms with Crippen LogP contribution in [0.5, 0.6) is 0 Å². The van der Waals surface area contributed by atoms with Gasteiger partial charge in [0.25, 0.3) is 0 Å². The van der Waals surface area contributed by atoms with Gasteiger partial charge in [-0.05, 0) is 40.2 Å². The molecule has 0 fully saturated rings. The molecule has 1 aromatic carbocycles. The van der Waals surface area contributed by atoms with Crippen LogP contribution < -0.4 is 0 Å². The number of aromatic carboxylic acids is 1. The minimum Gasteiger partial charge on any atom is -0.478 e. The molecular weight excluding hydrogens is 248 g/mol. The van der Waals surface area contributed by atoms with E-state index in [0.29, 0.717) is 11.1 Å². The summed E-state index contributed by atoms with van der Waals surface area (Å²) in [5, 5.41) is 9.36. The Kier molecular flexibility index (Phi) is 4.62. The fraction of sp³-hybridized carbons (Fsp3) is 0.444. The smallest absolute Gasteiger partial charge is 0.336 e. The number of allylic oxidation sites excluding steroid dienone is 1. The highest BCUT2D eigenvalue weighted by molar-refractivity contribution is 5.92. The molecule has 0 aromatic heterocycles. The van der Waals surface area contributed by atoms with Gasteiger partial charge in [-0.1, -0.05) is 53.7 Å². The van der Waals surface area contributed by atoms with E-state index in [0.717, 1.165) is 5.56 Å². The third-order valence-electron chi connectivity index (χ3n) is 2.90. The molecule has 0 aliphatic heterocycles. The van der Waals surface area contributed by atoms with Crippen LogP contribution >= 0.6 is 0 Å². The van der Waals surface area contributed by atoms with Gasteiger partial charge < -0.3 is 5.11 Å². The Labute approximate surface area is 121 Å². The zero-order chi connectivity index (χ0) is 15.6. The van der Waals surface area contributed by atoms with Gasteiger partial charge in [-0.25, -0.2) is 4.79 Å². The van der Waals surface area contributed by atoms with Gasteiger partial charge in [-0.2, -0.15) is 0 Å². The van der Waals surface area contributed by atoms with E-state index in [1.54, 1.807) is 12.1 Å². The molecule has 0 atom stereocenters. The third-order valence-corrected chi connectivity index (χ3v) is 2.90. The average Bonchev–Trinajstić information content (AvgIpc) is 2.25. The molecule has 1 N–H and O–H groups in total. The molecule has 0 radical (unpaired) electrons. The van der Waals surface area contributed by atoms with Crippen molar-refractivity contribution in [2.24, 2.45) is 5.41 Å². The molecule has 0 heterocycles. The van der Waals surface area contributed by atoms with Crippen molar-refractivity contribution < 1.29 is 9.90 Å². The standard InChI is InChI=1S/C18H24O2/c1-17(2,3)11-7-8-13-9-10-14(18(4,5)6)12-15(13)16(19)20/h8-12H,1-6H3,(H,19,20). The van der Waals surface area contributed by atoms with Gasteiger partial charge in [0.15, 0.2) is 0 Å². The van der Waals surface area contributed by atoms with E-state index >= 15 is 0 Å². The number of rotatable bonds is 2. The molecule has 0 saturated carbocycles. The van der Waals surface area contributed by atoms with Gasteiger partial charge in [-0.15, -0.1) is 5.73 Å². The molecule has 0 amide bonds. The molecule has 2 nitrogen and oxygen atoms in total. The summed E-state index contributed by atoms with van der Waals surface area (Å²) in [4.78, 5) is 11.4. The molecule has 0 unspecified atom stereocenters. The number of hydrogen-bond acceptors (Lipinski definition) is 1. The van der Waals surface area contributed by atoms with E-state index in [1.807, 2.05) is 18.2 Å². The van der Waals surface area contributed by atoms with Crippen LogP contribution in [0.4, 0.5) is 0 Å². The molecular formula is C18H24O2. The Morgan fingerprint density at radius 2 is 1.75 bits per heavy atom. The molecule has 0 bridgehead atoms. The molecule has 0 aliphatic carbocycles. The molecule has 0 saturated heterocycles. The lowest BCUT2D eigenvalue weighted by molar-refractivity contribution is 0.0696. The molecule has 0 aliphatic rings. The summed E-state index contributed by atoms with van der Waals surface area (Å²) in [6, 6.07) is 5.59. The summed E-state index contributed by atoms with van der Waals surface area (Å²) >= 11 is 0. The van der Waals surface area contributed by atoms with Crippen LogP contribution in [0.2, 0.25) is 0 Å². The van der Waals surface area contributed by atoms with Crippen LogP contribution in [0.3, 0.4) is 0 Å². The van der Waals surface area contributed by atoms with Gasteiger partial charge in [0.1, 0.15) is 0 Å². The largest absolute Gasteiger partial charge is 0.478 e. The van der Waals surface area contributed by atoms with Crippen molar-refractivity contribution in [2.45, 2.75) is 47.0 Å². The summed E-state index contributed by atoms with van der Waals surface area (Å²) in [6.45, 7) is 12.5. The first kappa shape index (κ1) is 16.3. The Bertz CT molecular complexity index is 560. The summed E-state index contributed by atoms with van der Waals surface area (Å²) in [5.74, 6) is -0.903. The van der Waals surface area contributed by atoms with E-state index in [2.05, 4.69) is 47.3 Å². The maximum Gasteiger partial charge on any atom is 0.336 e. The predicted octanol–water partition coefficient (Wildman–Crippen LogP) is 4.90. The second-order valence-corrected chi connectivity index (χ2v) is 7.18. The Hall–Kier alpha value is -1.79. The van der Waals surface area contributed by atoms with Crippen LogP contribution in [0, 0.1) is 5.41 Å². The maximum atomic E-state index is 11.4. The van der Waals surface area contributed by atoms with Crippen molar-refractivity contribution in [3.8, 4) is 0 Å². The molecule has 0 spiro atoms. The normalized spacial score (nSPS) is 11.7. The van der Waals surface area contributed by atoms with Crippen molar-refractivity contribution in [2.75, 3.05) is 0 Å². The van der Waals surface area contributed by atoms with Crippen LogP contribution in [-0.4, -0.2) is 11.1 Å². The van der Waals surface area contributed by atoms with Crippen molar-refractivity contribution in [3.05, 3.63) is 46.7 Å². The minimum atomic E-state index is -0.903. The van der Waals surface area contributed by atoms with Crippen LogP contribution in [0.25, 0.3) is 6.08 Å². The molecule has 20 heavy (non-hydrogen) atoms. The van der Waals surface area contributed by atoms with Crippen molar-refractivity contribution in [3.63, 3.8) is 0 Å². The Morgan fingerprint density at radius 3 is 2.20 bits per heavy atom. The SMILES string of the molecule is CC(C)(C)C=C=Cc1ccc(C(C)(C)C)cc1C(=O)O. The monoisotopic (exact) mass is 272 g/mol. The Balaban J connectivity index is 3.29. The zero-order valence-corrected chi connectivity index (χ0v) is 13.2. The van der Waals surface area contributed by atoms with Gasteiger partial charge >= 0.3 is 5.97 Å². The average molecular weight is 272 g/mol. The van der Waals surface area contributed by atoms with Gasteiger partial charge in [0, 0.05) is 0 Å². The third kappa shape index (κ3) is 4.71. The fourth-order valence-corrected chi connectivity index (χ4v) is 1.72. The van der Waals surface area contributed by atoms with E-state index in [9.17, 15) is 9.90 Å². The minimum absolute atomic E-state index is 0.0330. The fourth-order valence-electron chi connectivity index (χ4n) is 1.72. The molecule has 2 heteroatoms. The summed E-state index contributed by atoms with van der Waals surface area (Å²) in [7, 11) is 0. The quantitative estimate of drug-likeness (QED) is 0.778. The first-order valence-corrected chi connectivity index (χ1v) is 6.82. The second kappa shape index (κ2) is 5.68. The topological polar surface area (TPSA) is 37.3 Å². The second-order valence-electron chi connectivity index (χ2n) is 7.18. The van der Waals surface area contributed by atoms with Gasteiger partial charge in [0.05, 0.1) is 5.56 Å². The first-order chi connectivity index (χ1) is 9.00. The lowest BCUT2D eigenvalue weighted by atomic mass is 9.85. The number of carboxylic acids is 1. The van der Waals surface area contributed by atoms with Crippen LogP contribution in [-0.2, 0) is 5.41 Å². The van der Waals surface area contributed by atoms with Crippen LogP contribution in [0.1, 0.15) is 63.0 Å². The summed E-state index contributed by atoms with van der Waals surface area (Å²) in [5.41, 5.74) is 5.09. The van der Waals surface area contributed by atoms with E-state index in [1.165, 1.54) is 0 Å². The number of hydrogen-bond donors (Lipinski definition) is 1. The van der Waals surface area contributed by atoms with Crippen molar-refractivity contribution in [1.29, 1.82) is 0 Å². The van der Waals surface area contributed by atoms with Gasteiger partial charge in [-0.3, -0.25) is 0 Å². The lowest BCUT2D eigenvalue weighted by Crippen LogP contribution is -2.13. The van der Waals surface area contributed by atoms with E-state index < -0.39 is 5.97 Å². The van der Waals surface area contributed by atoms with Crippen LogP contribution in [0.15, 0.2) is 30.0 Å². The van der Waals surface area contributed by atoms with Crippen molar-refractivity contribution >= 4 is 12.0 Å². The highest BCUT2D eigenvalue weighted by atomic mass is 16.4. The zero-order valence-electron chi connectivity index (χ0n) is 13.2. The molecule has 1 rings (SSSR count). The summed E-state index contributed by atoms with van der Waals surface area (Å²) < 4.78 is 0. The number of benzene rings is 1. The first-order valence-electron chi connectivity index (χ1n) is 6.82. The van der Waals surface area contributed by atoms with Gasteiger partial charge in [0.2, 0.25) is 0 Å². The molecule has 108 valence electrons. The predicted molar refractivity (Wildman–Crippen MR) is 84.1 cm³/mol. The maximum absolute atomic E-state index is 11.4. The van der Waals surface area contributed by atoms with Crippen molar-refractivity contribution in [1.82, 2.24) is 0 Å². The van der Waals surface area contributed by atoms with E-state index in [4.69, 9.17) is 0 Å². The summed E-state index contributed by atoms with van der Waals surface area (Å²) in [6.07, 6.45) is 3.68.